The van der Waals surface area contributed by atoms with Crippen LogP contribution in [0.5, 0.6) is 0 Å². The number of nitrogens with zero attached hydrogens (tertiary/aromatic N) is 2. The first-order valence-electron chi connectivity index (χ1n) is 13.9. The number of nitrogens with one attached hydrogen (secondary N) is 1. The molecule has 0 saturated carbocycles. The maximum Gasteiger partial charge on any atom is 0.254 e. The van der Waals surface area contributed by atoms with Gasteiger partial charge in [0.25, 0.3) is 11.8 Å². The van der Waals surface area contributed by atoms with E-state index in [-0.39, 0.29) is 37.0 Å². The number of hydrogen-bond donors (Lipinski definition) is 5. The summed E-state index contributed by atoms with van der Waals surface area (Å²) in [4.78, 5) is 43.3. The minimum atomic E-state index is -1.83. The van der Waals surface area contributed by atoms with E-state index >= 15 is 0 Å². The summed E-state index contributed by atoms with van der Waals surface area (Å²) in [6.07, 6.45) is -3.92. The Morgan fingerprint density at radius 1 is 0.951 bits per heavy atom. The van der Waals surface area contributed by atoms with Gasteiger partial charge in [-0.25, -0.2) is 4.39 Å². The molecule has 5 N–H and O–H groups in total. The van der Waals surface area contributed by atoms with Gasteiger partial charge in [0.2, 0.25) is 5.91 Å². The number of halogens is 1. The average molecular weight is 574 g/mol. The molecule has 0 aliphatic carbocycles. The van der Waals surface area contributed by atoms with Crippen molar-refractivity contribution >= 4 is 17.7 Å². The molecular weight excluding hydrogens is 533 g/mol. The fourth-order valence-corrected chi connectivity index (χ4v) is 4.99. The number of hydrogen-bond acceptors (Lipinski definition) is 7. The van der Waals surface area contributed by atoms with Gasteiger partial charge >= 0.3 is 0 Å². The standard InChI is InChI=1S/C30H40FN3O7/c1-3-19(2)25-28(39)32-23(18-35)26(37)27(38)24(36)17-33(29(40)21-11-13-22(31)14-12-21)15-7-8-16-34(25)30(41)20-9-5-4-6-10-20/h4-6,9-14,19,23-27,35-38H,3,7-8,15-18H2,1-2H3,(H,32,39)/t19-,23-,24-,25-,26+,27+/m0/s1. The summed E-state index contributed by atoms with van der Waals surface area (Å²) >= 11 is 0. The second-order valence-electron chi connectivity index (χ2n) is 10.5. The Labute approximate surface area is 239 Å². The first-order chi connectivity index (χ1) is 19.6. The van der Waals surface area contributed by atoms with Crippen LogP contribution in [0.3, 0.4) is 0 Å². The summed E-state index contributed by atoms with van der Waals surface area (Å²) in [6, 6.07) is 11.1. The third-order valence-corrected chi connectivity index (χ3v) is 7.61. The van der Waals surface area contributed by atoms with Crippen molar-refractivity contribution in [1.29, 1.82) is 0 Å². The highest BCUT2D eigenvalue weighted by Gasteiger charge is 2.39. The zero-order chi connectivity index (χ0) is 30.1. The lowest BCUT2D eigenvalue weighted by atomic mass is 9.94. The minimum Gasteiger partial charge on any atom is -0.394 e. The van der Waals surface area contributed by atoms with Gasteiger partial charge in [-0.05, 0) is 55.2 Å². The molecule has 0 radical (unpaired) electrons. The largest absolute Gasteiger partial charge is 0.394 e. The van der Waals surface area contributed by atoms with Gasteiger partial charge in [-0.1, -0.05) is 38.5 Å². The monoisotopic (exact) mass is 573 g/mol. The highest BCUT2D eigenvalue weighted by atomic mass is 19.1. The molecule has 0 aromatic heterocycles. The number of amides is 3. The van der Waals surface area contributed by atoms with E-state index in [1.807, 2.05) is 13.8 Å². The number of benzene rings is 2. The molecule has 6 atom stereocenters. The Hall–Kier alpha value is -3.38. The smallest absolute Gasteiger partial charge is 0.254 e. The van der Waals surface area contributed by atoms with Crippen molar-refractivity contribution in [2.75, 3.05) is 26.2 Å². The number of aliphatic hydroxyl groups is 4. The second-order valence-corrected chi connectivity index (χ2v) is 10.5. The lowest BCUT2D eigenvalue weighted by Gasteiger charge is -2.38. The molecule has 0 spiro atoms. The number of aliphatic hydroxyl groups excluding tert-OH is 4. The highest BCUT2D eigenvalue weighted by molar-refractivity contribution is 5.97. The van der Waals surface area contributed by atoms with E-state index < -0.39 is 54.6 Å². The van der Waals surface area contributed by atoms with Crippen LogP contribution >= 0.6 is 0 Å². The number of carbonyl (C=O) groups is 3. The topological polar surface area (TPSA) is 151 Å². The normalized spacial score (nSPS) is 25.6. The van der Waals surface area contributed by atoms with Gasteiger partial charge in [0.05, 0.1) is 12.6 Å². The quantitative estimate of drug-likeness (QED) is 0.360. The molecule has 10 nitrogen and oxygen atoms in total. The van der Waals surface area contributed by atoms with Gasteiger partial charge in [0.15, 0.2) is 0 Å². The van der Waals surface area contributed by atoms with Crippen molar-refractivity contribution in [2.24, 2.45) is 5.92 Å². The first-order valence-corrected chi connectivity index (χ1v) is 13.9. The molecule has 41 heavy (non-hydrogen) atoms. The van der Waals surface area contributed by atoms with Crippen LogP contribution in [0, 0.1) is 11.7 Å². The Kier molecular flexibility index (Phi) is 11.8. The van der Waals surface area contributed by atoms with E-state index in [0.29, 0.717) is 24.8 Å². The summed E-state index contributed by atoms with van der Waals surface area (Å²) in [5.41, 5.74) is 0.563. The lowest BCUT2D eigenvalue weighted by Crippen LogP contribution is -2.60. The Balaban J connectivity index is 1.98. The molecule has 3 amide bonds. The molecule has 1 fully saturated rings. The van der Waals surface area contributed by atoms with Crippen LogP contribution in [-0.4, -0.2) is 105 Å². The van der Waals surface area contributed by atoms with Crippen LogP contribution in [0.15, 0.2) is 54.6 Å². The first kappa shape index (κ1) is 32.1. The third-order valence-electron chi connectivity index (χ3n) is 7.61. The molecule has 1 aliphatic heterocycles. The minimum absolute atomic E-state index is 0.118. The van der Waals surface area contributed by atoms with Crippen molar-refractivity contribution in [1.82, 2.24) is 15.1 Å². The average Bonchev–Trinajstić information content (AvgIpc) is 2.99. The van der Waals surface area contributed by atoms with Gasteiger partial charge in [-0.3, -0.25) is 14.4 Å². The predicted molar refractivity (Wildman–Crippen MR) is 149 cm³/mol. The van der Waals surface area contributed by atoms with E-state index in [9.17, 15) is 39.2 Å². The van der Waals surface area contributed by atoms with Crippen LogP contribution < -0.4 is 5.32 Å². The second kappa shape index (κ2) is 15.0. The van der Waals surface area contributed by atoms with Crippen LogP contribution in [0.1, 0.15) is 53.8 Å². The molecule has 1 saturated heterocycles. The maximum atomic E-state index is 13.7. The SMILES string of the molecule is CC[C@H](C)[C@H]1C(=O)N[C@@H](CO)[C@@H](O)[C@H](O)[C@@H](O)CN(C(=O)c2ccc(F)cc2)CCCCN1C(=O)c1ccccc1. The Morgan fingerprint density at radius 2 is 1.56 bits per heavy atom. The Bertz CT molecular complexity index is 1150. The summed E-state index contributed by atoms with van der Waals surface area (Å²) in [5, 5.41) is 44.9. The Morgan fingerprint density at radius 3 is 2.17 bits per heavy atom. The van der Waals surface area contributed by atoms with Crippen LogP contribution in [0.2, 0.25) is 0 Å². The maximum absolute atomic E-state index is 13.7. The highest BCUT2D eigenvalue weighted by Crippen LogP contribution is 2.21. The summed E-state index contributed by atoms with van der Waals surface area (Å²) in [7, 11) is 0. The van der Waals surface area contributed by atoms with Crippen molar-refractivity contribution in [3.05, 3.63) is 71.5 Å². The third kappa shape index (κ3) is 8.10. The number of carbonyl (C=O) groups excluding carboxylic acids is 3. The number of rotatable bonds is 5. The van der Waals surface area contributed by atoms with Gasteiger partial charge in [0.1, 0.15) is 30.2 Å². The fourth-order valence-electron chi connectivity index (χ4n) is 4.99. The molecule has 2 aromatic rings. The van der Waals surface area contributed by atoms with E-state index in [2.05, 4.69) is 5.32 Å². The summed E-state index contributed by atoms with van der Waals surface area (Å²) < 4.78 is 13.4. The lowest BCUT2D eigenvalue weighted by molar-refractivity contribution is -0.132. The molecule has 3 rings (SSSR count). The molecule has 0 unspecified atom stereocenters. The van der Waals surface area contributed by atoms with Crippen molar-refractivity contribution in [3.8, 4) is 0 Å². The molecule has 1 aliphatic rings. The van der Waals surface area contributed by atoms with Crippen LogP contribution in [0.4, 0.5) is 4.39 Å². The molecule has 2 aromatic carbocycles. The van der Waals surface area contributed by atoms with Crippen molar-refractivity contribution < 1.29 is 39.2 Å². The molecule has 11 heteroatoms. The van der Waals surface area contributed by atoms with Gasteiger partial charge < -0.3 is 35.5 Å². The van der Waals surface area contributed by atoms with Crippen LogP contribution in [0.25, 0.3) is 0 Å². The van der Waals surface area contributed by atoms with Crippen LogP contribution in [-0.2, 0) is 4.79 Å². The molecule has 224 valence electrons. The molecule has 0 bridgehead atoms. The number of β-amino-alcohol motifs (C(OH)–C–C–N with tert-alkyl or cyclic N) is 1. The van der Waals surface area contributed by atoms with E-state index in [4.69, 9.17) is 0 Å². The molecular formula is C30H40FN3O7. The van der Waals surface area contributed by atoms with Crippen molar-refractivity contribution in [2.45, 2.75) is 63.5 Å². The van der Waals surface area contributed by atoms with E-state index in [1.54, 1.807) is 30.3 Å². The van der Waals surface area contributed by atoms with Gasteiger partial charge in [0, 0.05) is 30.8 Å². The zero-order valence-electron chi connectivity index (χ0n) is 23.4. The van der Waals surface area contributed by atoms with Gasteiger partial charge in [-0.15, -0.1) is 0 Å². The summed E-state index contributed by atoms with van der Waals surface area (Å²) in [6.45, 7) is 2.87. The summed E-state index contributed by atoms with van der Waals surface area (Å²) in [5.74, 6) is -2.31. The zero-order valence-corrected chi connectivity index (χ0v) is 23.4. The molecule has 1 heterocycles. The fraction of sp³-hybridized carbons (Fsp3) is 0.500. The van der Waals surface area contributed by atoms with Gasteiger partial charge in [-0.2, -0.15) is 0 Å². The predicted octanol–water partition coefficient (Wildman–Crippen LogP) is 1.18. The van der Waals surface area contributed by atoms with E-state index in [0.717, 1.165) is 12.1 Å². The van der Waals surface area contributed by atoms with Crippen molar-refractivity contribution in [3.63, 3.8) is 0 Å². The van der Waals surface area contributed by atoms with E-state index in [1.165, 1.54) is 21.9 Å².